The number of rotatable bonds is 6. The predicted molar refractivity (Wildman–Crippen MR) is 97.5 cm³/mol. The standard InChI is InChI=1S/C17H17N3O3S2/c1-23-15-8-6-14(7-9-15)20-11-10-19-17(20)24-12-13-4-2-3-5-16(13)25(18,21)22/h2-11H,12H2,1H3,(H2,18,21,22). The fourth-order valence-electron chi connectivity index (χ4n) is 2.38. The molecule has 0 saturated heterocycles. The van der Waals surface area contributed by atoms with Crippen molar-refractivity contribution in [1.29, 1.82) is 0 Å². The van der Waals surface area contributed by atoms with Gasteiger partial charge in [0.25, 0.3) is 0 Å². The molecular weight excluding hydrogens is 358 g/mol. The topological polar surface area (TPSA) is 87.2 Å². The van der Waals surface area contributed by atoms with Crippen molar-refractivity contribution in [3.05, 3.63) is 66.5 Å². The lowest BCUT2D eigenvalue weighted by Crippen LogP contribution is -2.14. The van der Waals surface area contributed by atoms with Crippen molar-refractivity contribution in [3.8, 4) is 11.4 Å². The minimum Gasteiger partial charge on any atom is -0.497 e. The van der Waals surface area contributed by atoms with Crippen molar-refractivity contribution in [2.24, 2.45) is 5.14 Å². The second-order valence-corrected chi connectivity index (χ2v) is 7.69. The van der Waals surface area contributed by atoms with E-state index in [0.29, 0.717) is 11.3 Å². The summed E-state index contributed by atoms with van der Waals surface area (Å²) in [5.41, 5.74) is 1.60. The van der Waals surface area contributed by atoms with Crippen LogP contribution < -0.4 is 9.88 Å². The SMILES string of the molecule is COc1ccc(-n2ccnc2SCc2ccccc2S(N)(=O)=O)cc1. The smallest absolute Gasteiger partial charge is 0.238 e. The number of methoxy groups -OCH3 is 1. The molecule has 2 aromatic carbocycles. The van der Waals surface area contributed by atoms with Crippen LogP contribution in [0.25, 0.3) is 5.69 Å². The number of hydrogen-bond acceptors (Lipinski definition) is 5. The Hall–Kier alpha value is -2.29. The number of hydrogen-bond donors (Lipinski definition) is 1. The molecule has 6 nitrogen and oxygen atoms in total. The highest BCUT2D eigenvalue weighted by Crippen LogP contribution is 2.27. The van der Waals surface area contributed by atoms with Crippen molar-refractivity contribution >= 4 is 21.8 Å². The lowest BCUT2D eigenvalue weighted by atomic mass is 10.2. The summed E-state index contributed by atoms with van der Waals surface area (Å²) in [5.74, 6) is 1.22. The number of sulfonamides is 1. The van der Waals surface area contributed by atoms with Gasteiger partial charge in [0.1, 0.15) is 5.75 Å². The van der Waals surface area contributed by atoms with Gasteiger partial charge in [-0.2, -0.15) is 0 Å². The number of aromatic nitrogens is 2. The molecule has 0 aliphatic heterocycles. The van der Waals surface area contributed by atoms with Gasteiger partial charge in [0.15, 0.2) is 5.16 Å². The van der Waals surface area contributed by atoms with E-state index in [4.69, 9.17) is 9.88 Å². The summed E-state index contributed by atoms with van der Waals surface area (Å²) in [6.45, 7) is 0. The van der Waals surface area contributed by atoms with Crippen LogP contribution in [0.15, 0.2) is 71.0 Å². The monoisotopic (exact) mass is 375 g/mol. The molecule has 0 amide bonds. The first-order chi connectivity index (χ1) is 12.0. The molecule has 0 saturated carbocycles. The highest BCUT2D eigenvalue weighted by Gasteiger charge is 2.14. The van der Waals surface area contributed by atoms with Crippen molar-refractivity contribution in [3.63, 3.8) is 0 Å². The Morgan fingerprint density at radius 2 is 1.88 bits per heavy atom. The molecule has 0 aliphatic carbocycles. The summed E-state index contributed by atoms with van der Waals surface area (Å²) < 4.78 is 30.5. The molecule has 1 aromatic heterocycles. The van der Waals surface area contributed by atoms with Crippen LogP contribution in [0.4, 0.5) is 0 Å². The number of nitrogens with two attached hydrogens (primary N) is 1. The van der Waals surface area contributed by atoms with Gasteiger partial charge >= 0.3 is 0 Å². The summed E-state index contributed by atoms with van der Waals surface area (Å²) in [5, 5.41) is 6.04. The second kappa shape index (κ2) is 7.30. The molecule has 0 fully saturated rings. The third-order valence-corrected chi connectivity index (χ3v) is 5.62. The van der Waals surface area contributed by atoms with E-state index < -0.39 is 10.0 Å². The summed E-state index contributed by atoms with van der Waals surface area (Å²) in [6, 6.07) is 14.3. The lowest BCUT2D eigenvalue weighted by molar-refractivity contribution is 0.414. The Balaban J connectivity index is 1.83. The van der Waals surface area contributed by atoms with Gasteiger partial charge in [-0.15, -0.1) is 0 Å². The molecule has 0 radical (unpaired) electrons. The number of primary sulfonamides is 1. The Bertz CT molecular complexity index is 967. The fourth-order valence-corrected chi connectivity index (χ4v) is 4.22. The van der Waals surface area contributed by atoms with E-state index in [9.17, 15) is 8.42 Å². The third-order valence-electron chi connectivity index (χ3n) is 3.59. The quantitative estimate of drug-likeness (QED) is 0.670. The molecule has 0 atom stereocenters. The van der Waals surface area contributed by atoms with E-state index in [0.717, 1.165) is 16.6 Å². The zero-order valence-electron chi connectivity index (χ0n) is 13.5. The van der Waals surface area contributed by atoms with Gasteiger partial charge < -0.3 is 4.74 Å². The van der Waals surface area contributed by atoms with Crippen LogP contribution in [-0.4, -0.2) is 25.1 Å². The van der Waals surface area contributed by atoms with Gasteiger partial charge in [0, 0.05) is 23.8 Å². The number of imidazole rings is 1. The molecule has 3 aromatic rings. The van der Waals surface area contributed by atoms with Gasteiger partial charge in [0.2, 0.25) is 10.0 Å². The number of thioether (sulfide) groups is 1. The Labute approximate surface area is 150 Å². The van der Waals surface area contributed by atoms with Crippen molar-refractivity contribution in [2.75, 3.05) is 7.11 Å². The highest BCUT2D eigenvalue weighted by molar-refractivity contribution is 7.98. The summed E-state index contributed by atoms with van der Waals surface area (Å²) in [6.07, 6.45) is 3.56. The van der Waals surface area contributed by atoms with Crippen molar-refractivity contribution < 1.29 is 13.2 Å². The molecule has 8 heteroatoms. The van der Waals surface area contributed by atoms with Crippen molar-refractivity contribution in [1.82, 2.24) is 9.55 Å². The molecule has 0 spiro atoms. The van der Waals surface area contributed by atoms with E-state index in [1.165, 1.54) is 17.8 Å². The summed E-state index contributed by atoms with van der Waals surface area (Å²) >= 11 is 1.44. The van der Waals surface area contributed by atoms with E-state index in [1.807, 2.05) is 35.0 Å². The van der Waals surface area contributed by atoms with Crippen LogP contribution in [0.1, 0.15) is 5.56 Å². The van der Waals surface area contributed by atoms with Crippen LogP contribution in [0.5, 0.6) is 5.75 Å². The maximum absolute atomic E-state index is 11.7. The molecule has 3 rings (SSSR count). The fraction of sp³-hybridized carbons (Fsp3) is 0.118. The predicted octanol–water partition coefficient (Wildman–Crippen LogP) is 2.82. The largest absolute Gasteiger partial charge is 0.497 e. The first-order valence-corrected chi connectivity index (χ1v) is 9.93. The molecule has 0 aliphatic rings. The first-order valence-electron chi connectivity index (χ1n) is 7.40. The van der Waals surface area contributed by atoms with E-state index >= 15 is 0 Å². The molecule has 25 heavy (non-hydrogen) atoms. The van der Waals surface area contributed by atoms with Crippen molar-refractivity contribution in [2.45, 2.75) is 15.8 Å². The van der Waals surface area contributed by atoms with E-state index in [-0.39, 0.29) is 4.90 Å². The van der Waals surface area contributed by atoms with Gasteiger partial charge in [-0.05, 0) is 35.9 Å². The maximum Gasteiger partial charge on any atom is 0.238 e. The number of benzene rings is 2. The first kappa shape index (κ1) is 17.5. The van der Waals surface area contributed by atoms with Gasteiger partial charge in [0.05, 0.1) is 12.0 Å². The highest BCUT2D eigenvalue weighted by atomic mass is 32.2. The van der Waals surface area contributed by atoms with Crippen LogP contribution in [0, 0.1) is 0 Å². The minimum absolute atomic E-state index is 0.144. The molecule has 0 bridgehead atoms. The van der Waals surface area contributed by atoms with Crippen LogP contribution >= 0.6 is 11.8 Å². The molecule has 0 unspecified atom stereocenters. The zero-order chi connectivity index (χ0) is 17.9. The molecular formula is C17H17N3O3S2. The van der Waals surface area contributed by atoms with Crippen LogP contribution in [0.2, 0.25) is 0 Å². The summed E-state index contributed by atoms with van der Waals surface area (Å²) in [7, 11) is -2.13. The lowest BCUT2D eigenvalue weighted by Gasteiger charge is -2.10. The number of ether oxygens (including phenoxy) is 1. The van der Waals surface area contributed by atoms with Gasteiger partial charge in [-0.25, -0.2) is 18.5 Å². The van der Waals surface area contributed by atoms with Crippen LogP contribution in [0.3, 0.4) is 0 Å². The normalized spacial score (nSPS) is 11.4. The number of nitrogens with zero attached hydrogens (tertiary/aromatic N) is 2. The molecule has 2 N–H and O–H groups in total. The van der Waals surface area contributed by atoms with E-state index in [2.05, 4.69) is 4.98 Å². The van der Waals surface area contributed by atoms with Gasteiger partial charge in [-0.1, -0.05) is 30.0 Å². The average molecular weight is 375 g/mol. The third kappa shape index (κ3) is 4.04. The summed E-state index contributed by atoms with van der Waals surface area (Å²) in [4.78, 5) is 4.50. The maximum atomic E-state index is 11.7. The van der Waals surface area contributed by atoms with Crippen LogP contribution in [-0.2, 0) is 15.8 Å². The second-order valence-electron chi connectivity index (χ2n) is 5.22. The zero-order valence-corrected chi connectivity index (χ0v) is 15.1. The average Bonchev–Trinajstić information content (AvgIpc) is 3.08. The Morgan fingerprint density at radius 1 is 1.16 bits per heavy atom. The molecule has 1 heterocycles. The van der Waals surface area contributed by atoms with E-state index in [1.54, 1.807) is 31.5 Å². The Kier molecular flexibility index (Phi) is 5.12. The minimum atomic E-state index is -3.75. The Morgan fingerprint density at radius 3 is 2.56 bits per heavy atom. The van der Waals surface area contributed by atoms with Gasteiger partial charge in [-0.3, -0.25) is 4.57 Å². The molecule has 130 valence electrons.